The molecule has 6 aliphatic rings. The van der Waals surface area contributed by atoms with Crippen molar-refractivity contribution in [2.45, 2.75) is 202 Å². The summed E-state index contributed by atoms with van der Waals surface area (Å²) in [5.41, 5.74) is 0. The molecule has 2 bridgehead atoms. The molecule has 55 heavy (non-hydrogen) atoms. The van der Waals surface area contributed by atoms with Crippen molar-refractivity contribution in [3.05, 3.63) is 0 Å². The summed E-state index contributed by atoms with van der Waals surface area (Å²) >= 11 is 0. The summed E-state index contributed by atoms with van der Waals surface area (Å²) in [7, 11) is 0. The van der Waals surface area contributed by atoms with E-state index >= 15 is 0 Å². The minimum absolute atomic E-state index is 0.0357. The monoisotopic (exact) mass is 785 g/mol. The molecule has 0 radical (unpaired) electrons. The fourth-order valence-electron chi connectivity index (χ4n) is 10.1. The quantitative estimate of drug-likeness (QED) is 0.236. The zero-order valence-corrected chi connectivity index (χ0v) is 35.9. The Bertz CT molecular complexity index is 1200. The van der Waals surface area contributed by atoms with Crippen LogP contribution in [0.2, 0.25) is 0 Å². The fraction of sp³-hybridized carbons (Fsp3) is 1.00. The lowest BCUT2D eigenvalue weighted by Crippen LogP contribution is -2.59. The van der Waals surface area contributed by atoms with E-state index in [2.05, 4.69) is 76.2 Å². The van der Waals surface area contributed by atoms with Crippen molar-refractivity contribution in [1.29, 1.82) is 0 Å². The normalized spacial score (nSPS) is 54.7. The van der Waals surface area contributed by atoms with E-state index in [1.807, 2.05) is 13.8 Å². The summed E-state index contributed by atoms with van der Waals surface area (Å²) in [5, 5.41) is 20.5. The van der Waals surface area contributed by atoms with Gasteiger partial charge in [-0.15, -0.1) is 0 Å². The van der Waals surface area contributed by atoms with Crippen LogP contribution in [0.4, 0.5) is 0 Å². The summed E-state index contributed by atoms with van der Waals surface area (Å²) in [6, 6.07) is 0. The fourth-order valence-corrected chi connectivity index (χ4v) is 10.1. The predicted octanol–water partition coefficient (Wildman–Crippen LogP) is 6.13. The van der Waals surface area contributed by atoms with E-state index in [0.717, 1.165) is 19.3 Å². The summed E-state index contributed by atoms with van der Waals surface area (Å²) < 4.78 is 66.0. The van der Waals surface area contributed by atoms with Gasteiger partial charge in [-0.2, -0.15) is 0 Å². The Labute approximate surface area is 331 Å². The third kappa shape index (κ3) is 8.60. The van der Waals surface area contributed by atoms with Crippen LogP contribution >= 0.6 is 0 Å². The molecule has 6 heterocycles. The smallest absolute Gasteiger partial charge is 0.161 e. The number of aliphatic hydroxyl groups excluding tert-OH is 2. The number of aliphatic hydroxyl groups is 2. The third-order valence-electron chi connectivity index (χ3n) is 15.3. The highest BCUT2D eigenvalue weighted by Crippen LogP contribution is 2.45. The molecule has 6 saturated heterocycles. The van der Waals surface area contributed by atoms with Crippen LogP contribution in [0, 0.1) is 59.2 Å². The van der Waals surface area contributed by atoms with Gasteiger partial charge in [0, 0.05) is 29.6 Å². The molecule has 0 aliphatic carbocycles. The minimum atomic E-state index is -0.735. The molecule has 0 spiro atoms. The first-order chi connectivity index (χ1) is 26.1. The highest BCUT2D eigenvalue weighted by molar-refractivity contribution is 4.95. The summed E-state index contributed by atoms with van der Waals surface area (Å²) in [6.07, 6.45) is -2.15. The average molecular weight is 785 g/mol. The first-order valence-electron chi connectivity index (χ1n) is 21.9. The molecular weight excluding hydrogens is 708 g/mol. The molecular formula is C43H76O12. The Kier molecular flexibility index (Phi) is 14.8. The van der Waals surface area contributed by atoms with Crippen LogP contribution in [0.15, 0.2) is 0 Å². The van der Waals surface area contributed by atoms with Gasteiger partial charge in [-0.1, -0.05) is 90.0 Å². The Morgan fingerprint density at radius 2 is 0.782 bits per heavy atom. The first-order valence-corrected chi connectivity index (χ1v) is 21.9. The van der Waals surface area contributed by atoms with Crippen molar-refractivity contribution in [2.24, 2.45) is 59.2 Å². The number of rotatable bonds is 12. The van der Waals surface area contributed by atoms with Crippen molar-refractivity contribution in [2.75, 3.05) is 13.2 Å². The molecule has 6 rings (SSSR count). The van der Waals surface area contributed by atoms with Gasteiger partial charge in [0.1, 0.15) is 12.2 Å². The minimum Gasteiger partial charge on any atom is -0.394 e. The van der Waals surface area contributed by atoms with Crippen molar-refractivity contribution < 1.29 is 57.6 Å². The molecule has 12 heteroatoms. The standard InChI is InChI=1S/C43H76O12/c1-14-29-35(52-40-24(9)19(4)34(45)32(17-44)50-40)21(6)26(11)41(47-29)53-36-22(7)27(12)42(48-30(36)15-2)54-37-23(8)28(13)43(49-31(37)16-3)55-38-20(5)25(10)39-46-18-33(38)51-39/h19-45H,14-18H2,1-13H3/t19?,20?,21?,22-,23-,24?,25?,26?,27?,28?,29?,30?,31?,32?,33+,34+,35+,36+,37+,38+,39-,40-,41+,42+,43+/m1/s1. The lowest BCUT2D eigenvalue weighted by Gasteiger charge is -2.52. The van der Waals surface area contributed by atoms with Crippen molar-refractivity contribution in [1.82, 2.24) is 0 Å². The lowest BCUT2D eigenvalue weighted by molar-refractivity contribution is -0.363. The largest absolute Gasteiger partial charge is 0.394 e. The maximum Gasteiger partial charge on any atom is 0.161 e. The van der Waals surface area contributed by atoms with Gasteiger partial charge < -0.3 is 57.6 Å². The van der Waals surface area contributed by atoms with Crippen molar-refractivity contribution >= 4 is 0 Å². The van der Waals surface area contributed by atoms with E-state index in [0.29, 0.717) is 12.5 Å². The molecule has 25 atom stereocenters. The van der Waals surface area contributed by atoms with Gasteiger partial charge in [0.05, 0.1) is 62.0 Å². The maximum absolute atomic E-state index is 10.6. The highest BCUT2D eigenvalue weighted by atomic mass is 16.8. The van der Waals surface area contributed by atoms with Gasteiger partial charge >= 0.3 is 0 Å². The molecule has 0 aromatic rings. The number of hydrogen-bond acceptors (Lipinski definition) is 12. The third-order valence-corrected chi connectivity index (χ3v) is 15.3. The zero-order chi connectivity index (χ0) is 40.0. The number of ether oxygens (including phenoxy) is 10. The molecule has 0 amide bonds. The molecule has 6 aliphatic heterocycles. The lowest BCUT2D eigenvalue weighted by atomic mass is 9.81. The highest BCUT2D eigenvalue weighted by Gasteiger charge is 2.53. The predicted molar refractivity (Wildman–Crippen MR) is 204 cm³/mol. The van der Waals surface area contributed by atoms with E-state index in [9.17, 15) is 10.2 Å². The van der Waals surface area contributed by atoms with Crippen LogP contribution in [0.25, 0.3) is 0 Å². The molecule has 12 nitrogen and oxygen atoms in total. The van der Waals surface area contributed by atoms with E-state index in [4.69, 9.17) is 47.4 Å². The van der Waals surface area contributed by atoms with E-state index in [1.165, 1.54) is 0 Å². The molecule has 12 unspecified atom stereocenters. The Balaban J connectivity index is 1.08. The second-order valence-corrected chi connectivity index (χ2v) is 18.4. The van der Waals surface area contributed by atoms with Gasteiger partial charge in [0.15, 0.2) is 31.5 Å². The summed E-state index contributed by atoms with van der Waals surface area (Å²) in [6.45, 7) is 28.5. The van der Waals surface area contributed by atoms with E-state index in [1.54, 1.807) is 0 Å². The molecule has 6 fully saturated rings. The van der Waals surface area contributed by atoms with Crippen molar-refractivity contribution in [3.63, 3.8) is 0 Å². The van der Waals surface area contributed by atoms with Gasteiger partial charge in [-0.25, -0.2) is 0 Å². The average Bonchev–Trinajstić information content (AvgIpc) is 3.64. The number of fused-ring (bicyclic) bond motifs is 2. The van der Waals surface area contributed by atoms with Crippen molar-refractivity contribution in [3.8, 4) is 0 Å². The van der Waals surface area contributed by atoms with E-state index < -0.39 is 31.1 Å². The van der Waals surface area contributed by atoms with Gasteiger partial charge in [0.2, 0.25) is 0 Å². The number of hydrogen-bond donors (Lipinski definition) is 2. The summed E-state index contributed by atoms with van der Waals surface area (Å²) in [5.74, 6) is 1.08. The van der Waals surface area contributed by atoms with E-state index in [-0.39, 0.29) is 121 Å². The van der Waals surface area contributed by atoms with Gasteiger partial charge in [0.25, 0.3) is 0 Å². The van der Waals surface area contributed by atoms with Crippen LogP contribution in [0.1, 0.15) is 109 Å². The van der Waals surface area contributed by atoms with Crippen LogP contribution < -0.4 is 0 Å². The molecule has 2 N–H and O–H groups in total. The van der Waals surface area contributed by atoms with Crippen LogP contribution in [0.3, 0.4) is 0 Å². The maximum atomic E-state index is 10.6. The van der Waals surface area contributed by atoms with Crippen LogP contribution in [-0.4, -0.2) is 116 Å². The van der Waals surface area contributed by atoms with Gasteiger partial charge in [-0.05, 0) is 48.9 Å². The topological polar surface area (TPSA) is 133 Å². The SMILES string of the molecule is CCC1O[C@@H](O[C@@H]2C(CC)O[C@@H](O[C@@H]3C(CC)O[C@@H](O[C@H]4C(C)C(C)[C@@H]5OC[C@@H]4O5)C(C)[C@H]3C)C(C)[C@H]2C)C(C)C(C)[C@@H]1O[C@H]1OC(CO)[C@@H](O)C(C)C1C. The molecule has 320 valence electrons. The first kappa shape index (κ1) is 44.1. The molecule has 0 aromatic carbocycles. The Morgan fingerprint density at radius 1 is 0.436 bits per heavy atom. The second kappa shape index (κ2) is 18.4. The van der Waals surface area contributed by atoms with Gasteiger partial charge in [-0.3, -0.25) is 0 Å². The van der Waals surface area contributed by atoms with Crippen LogP contribution in [0.5, 0.6) is 0 Å². The second-order valence-electron chi connectivity index (χ2n) is 18.4. The molecule has 0 saturated carbocycles. The van der Waals surface area contributed by atoms with Crippen LogP contribution in [-0.2, 0) is 47.4 Å². The summed E-state index contributed by atoms with van der Waals surface area (Å²) in [4.78, 5) is 0. The Hall–Kier alpha value is -0.480. The zero-order valence-electron chi connectivity index (χ0n) is 35.9. The Morgan fingerprint density at radius 3 is 1.16 bits per heavy atom. The molecule has 0 aromatic heterocycles.